The number of esters is 2. The number of nitrogens with zero attached hydrogens (tertiary/aromatic N) is 6. The molecule has 10 rings (SSSR count). The highest BCUT2D eigenvalue weighted by Crippen LogP contribution is 2.38. The van der Waals surface area contributed by atoms with E-state index in [-0.39, 0.29) is 60.6 Å². The van der Waals surface area contributed by atoms with Gasteiger partial charge >= 0.3 is 11.9 Å². The van der Waals surface area contributed by atoms with E-state index in [1.807, 2.05) is 87.5 Å². The number of ether oxygens (including phenoxy) is 4. The van der Waals surface area contributed by atoms with Crippen molar-refractivity contribution < 1.29 is 33.3 Å². The molecule has 3 fully saturated rings. The fourth-order valence-corrected chi connectivity index (χ4v) is 12.7. The zero-order valence-corrected chi connectivity index (χ0v) is 51.2. The maximum atomic E-state index is 13.4. The molecule has 20 heteroatoms. The maximum absolute atomic E-state index is 13.4. The summed E-state index contributed by atoms with van der Waals surface area (Å²) in [5, 5.41) is 26.1. The lowest BCUT2D eigenvalue weighted by molar-refractivity contribution is -0.171. The lowest BCUT2D eigenvalue weighted by atomic mass is 9.75. The molecule has 3 saturated carbocycles. The topological polar surface area (TPSA) is 216 Å². The second kappa shape index (κ2) is 27.6. The number of amides is 1. The maximum Gasteiger partial charge on any atom is 0.311 e. The first kappa shape index (κ1) is 61.3. The summed E-state index contributed by atoms with van der Waals surface area (Å²) in [6, 6.07) is 20.9. The molecule has 0 radical (unpaired) electrons. The third-order valence-electron chi connectivity index (χ3n) is 16.8. The predicted molar refractivity (Wildman–Crippen MR) is 324 cm³/mol. The van der Waals surface area contributed by atoms with Gasteiger partial charge in [0.05, 0.1) is 48.2 Å². The van der Waals surface area contributed by atoms with Crippen LogP contribution in [0.1, 0.15) is 147 Å². The number of aryl methyl sites for hydroxylation is 3. The average molecular weight is 1180 g/mol. The Morgan fingerprint density at radius 1 is 0.723 bits per heavy atom. The molecule has 18 nitrogen and oxygen atoms in total. The highest BCUT2D eigenvalue weighted by atomic mass is 35.5. The Bertz CT molecular complexity index is 3320. The van der Waals surface area contributed by atoms with Crippen molar-refractivity contribution in [3.63, 3.8) is 0 Å². The van der Waals surface area contributed by atoms with Gasteiger partial charge < -0.3 is 29.6 Å². The first-order valence-corrected chi connectivity index (χ1v) is 30.5. The van der Waals surface area contributed by atoms with Gasteiger partial charge in [-0.2, -0.15) is 9.26 Å². The number of hydrogen-bond donors (Lipinski definition) is 5. The smallest absolute Gasteiger partial charge is 0.311 e. The molecule has 0 bridgehead atoms. The van der Waals surface area contributed by atoms with Crippen LogP contribution in [0.5, 0.6) is 0 Å². The molecule has 1 amide bonds. The number of nitrogens with one attached hydrogen (secondary N) is 5. The zero-order valence-electron chi connectivity index (χ0n) is 49.7. The molecule has 0 spiro atoms. The average Bonchev–Trinajstić information content (AvgIpc) is 3.65. The standard InChI is InChI=1S/C34H49ClN6O4.C29H34ClN5O3/c1-18(2)29-28(35)32-38-31(40-41(32)39-29)24-9-8-10-25(16-24)37-33(42)23(7)36-17-44-27-15-19(3)11-12-26(27)34(43)45-30-21(5)13-20(4)14-22(30)6;1-4-23-26(30)28-32-27(34-35(28)33-23)21-13-14-24(19(3)15-21)31-17-38-25-8-6-5-7-22(25)29(36)37-16-20-11-9-18(2)10-12-20/h8-10,16,18-23,26-27,30,36,39H,11-15,17H2,1-7H3,(H,37,42);9-15,22,25,31,33H,4-8,16-17H2,1-3H3/t19?,20?,21?,22?,23?,26-,27?,30?;22-,25?/m11/s1. The Morgan fingerprint density at radius 3 is 2.06 bits per heavy atom. The first-order chi connectivity index (χ1) is 39.8. The van der Waals surface area contributed by atoms with Crippen LogP contribution in [-0.2, 0) is 46.4 Å². The summed E-state index contributed by atoms with van der Waals surface area (Å²) >= 11 is 12.9. The van der Waals surface area contributed by atoms with E-state index in [9.17, 15) is 14.4 Å². The number of H-pyrrole nitrogens is 2. The van der Waals surface area contributed by atoms with Gasteiger partial charge in [0, 0.05) is 22.5 Å². The van der Waals surface area contributed by atoms with Gasteiger partial charge in [0.15, 0.2) is 22.9 Å². The first-order valence-electron chi connectivity index (χ1n) is 29.8. The third-order valence-corrected chi connectivity index (χ3v) is 17.6. The number of hydrogen-bond acceptors (Lipinski definition) is 13. The van der Waals surface area contributed by atoms with Gasteiger partial charge in [-0.15, -0.1) is 10.2 Å². The molecule has 0 saturated heterocycles. The monoisotopic (exact) mass is 1180 g/mol. The van der Waals surface area contributed by atoms with Crippen molar-refractivity contribution in [3.8, 4) is 22.8 Å². The lowest BCUT2D eigenvalue weighted by Gasteiger charge is -2.39. The number of fused-ring (bicyclic) bond motifs is 2. The Labute approximate surface area is 497 Å². The van der Waals surface area contributed by atoms with Crippen molar-refractivity contribution in [2.45, 2.75) is 170 Å². The van der Waals surface area contributed by atoms with E-state index in [2.05, 4.69) is 87.9 Å². The molecule has 3 aliphatic rings. The summed E-state index contributed by atoms with van der Waals surface area (Å²) in [6.07, 6.45) is 8.77. The molecule has 4 aromatic heterocycles. The largest absolute Gasteiger partial charge is 0.462 e. The van der Waals surface area contributed by atoms with Crippen LogP contribution < -0.4 is 16.0 Å². The van der Waals surface area contributed by atoms with Crippen LogP contribution in [0.3, 0.4) is 0 Å². The normalized spacial score (nSPS) is 23.2. The van der Waals surface area contributed by atoms with E-state index < -0.39 is 6.04 Å². The fourth-order valence-electron chi connectivity index (χ4n) is 12.1. The molecule has 446 valence electrons. The van der Waals surface area contributed by atoms with Crippen molar-refractivity contribution in [2.75, 3.05) is 24.1 Å². The highest BCUT2D eigenvalue weighted by molar-refractivity contribution is 6.34. The van der Waals surface area contributed by atoms with E-state index in [4.69, 9.17) is 42.1 Å². The minimum Gasteiger partial charge on any atom is -0.462 e. The summed E-state index contributed by atoms with van der Waals surface area (Å²) in [6.45, 7) is 21.6. The number of aromatic amines is 2. The van der Waals surface area contributed by atoms with Crippen LogP contribution in [0.15, 0.2) is 66.7 Å². The quantitative estimate of drug-likeness (QED) is 0.0377. The number of halogens is 2. The van der Waals surface area contributed by atoms with E-state index in [0.717, 1.165) is 104 Å². The Hall–Kier alpha value is -6.31. The van der Waals surface area contributed by atoms with Crippen LogP contribution in [0.4, 0.5) is 11.4 Å². The van der Waals surface area contributed by atoms with Gasteiger partial charge in [-0.1, -0.05) is 126 Å². The molecule has 3 aliphatic carbocycles. The van der Waals surface area contributed by atoms with Crippen LogP contribution >= 0.6 is 23.2 Å². The number of rotatable bonds is 19. The van der Waals surface area contributed by atoms with Crippen LogP contribution in [-0.4, -0.2) is 95.3 Å². The Balaban J connectivity index is 0.000000202. The van der Waals surface area contributed by atoms with Crippen LogP contribution in [0, 0.1) is 49.4 Å². The van der Waals surface area contributed by atoms with Crippen molar-refractivity contribution in [2.24, 2.45) is 35.5 Å². The van der Waals surface area contributed by atoms with Gasteiger partial charge in [-0.3, -0.25) is 29.9 Å². The summed E-state index contributed by atoms with van der Waals surface area (Å²) in [5.41, 5.74) is 9.48. The molecule has 6 unspecified atom stereocenters. The van der Waals surface area contributed by atoms with E-state index >= 15 is 0 Å². The number of aromatic nitrogens is 8. The van der Waals surface area contributed by atoms with Gasteiger partial charge in [-0.05, 0) is 143 Å². The molecule has 0 aliphatic heterocycles. The van der Waals surface area contributed by atoms with Gasteiger partial charge in [0.2, 0.25) is 5.91 Å². The van der Waals surface area contributed by atoms with E-state index in [1.54, 1.807) is 16.2 Å². The molecule has 83 heavy (non-hydrogen) atoms. The SMILES string of the molecule is CC1CC(C)C(OC(=O)[C@@H]2CCC(C)CC2OCNC(C)C(=O)Nc2cccc(-c3nc4c(Cl)c(C(C)C)[nH]n4n3)c2)C(C)C1.CCc1[nH]n2nc(-c3ccc(NCOC4CCCC[C@H]4C(=O)OCc4ccc(C)cc4)c(C)c3)nc2c1Cl. The summed E-state index contributed by atoms with van der Waals surface area (Å²) in [4.78, 5) is 48.5. The van der Waals surface area contributed by atoms with Gasteiger partial charge in [0.25, 0.3) is 0 Å². The predicted octanol–water partition coefficient (Wildman–Crippen LogP) is 13.1. The van der Waals surface area contributed by atoms with Crippen LogP contribution in [0.25, 0.3) is 34.1 Å². The second-order valence-corrected chi connectivity index (χ2v) is 24.7. The minimum atomic E-state index is -0.525. The summed E-state index contributed by atoms with van der Waals surface area (Å²) < 4.78 is 27.4. The summed E-state index contributed by atoms with van der Waals surface area (Å²) in [5.74, 6) is 2.14. The van der Waals surface area contributed by atoms with E-state index in [0.29, 0.717) is 75.7 Å². The van der Waals surface area contributed by atoms with Gasteiger partial charge in [-0.25, -0.2) is 9.97 Å². The number of anilines is 2. The minimum absolute atomic E-state index is 0.0385. The fraction of sp³-hybridized carbons (Fsp3) is 0.540. The van der Waals surface area contributed by atoms with Gasteiger partial charge in [0.1, 0.15) is 29.5 Å². The molecule has 7 aromatic rings. The van der Waals surface area contributed by atoms with Crippen LogP contribution in [0.2, 0.25) is 10.0 Å². The molecule has 4 heterocycles. The summed E-state index contributed by atoms with van der Waals surface area (Å²) in [7, 11) is 0. The second-order valence-electron chi connectivity index (χ2n) is 23.9. The van der Waals surface area contributed by atoms with Crippen molar-refractivity contribution in [1.82, 2.24) is 44.9 Å². The van der Waals surface area contributed by atoms with E-state index in [1.165, 1.54) is 5.56 Å². The highest BCUT2D eigenvalue weighted by Gasteiger charge is 2.40. The number of carbonyl (C=O) groups excluding carboxylic acids is 3. The molecule has 8 atom stereocenters. The molecular weight excluding hydrogens is 1090 g/mol. The molecule has 5 N–H and O–H groups in total. The number of carbonyl (C=O) groups is 3. The Kier molecular flexibility index (Phi) is 20.4. The number of benzene rings is 3. The van der Waals surface area contributed by atoms with Crippen molar-refractivity contribution >= 4 is 63.7 Å². The van der Waals surface area contributed by atoms with Crippen molar-refractivity contribution in [1.29, 1.82) is 0 Å². The van der Waals surface area contributed by atoms with Crippen molar-refractivity contribution in [3.05, 3.63) is 105 Å². The lowest BCUT2D eigenvalue weighted by Crippen LogP contribution is -2.45. The third kappa shape index (κ3) is 15.0. The Morgan fingerprint density at radius 2 is 1.39 bits per heavy atom. The molecular formula is C63H83Cl2N11O7. The molecule has 3 aromatic carbocycles. The zero-order chi connectivity index (χ0) is 59.1.